The van der Waals surface area contributed by atoms with Crippen LogP contribution in [0.25, 0.3) is 0 Å². The monoisotopic (exact) mass is 222 g/mol. The van der Waals surface area contributed by atoms with E-state index in [1.165, 1.54) is 0 Å². The average molecular weight is 222 g/mol. The highest BCUT2D eigenvalue weighted by Gasteiger charge is 2.20. The molecular formula is C13H18O3. The maximum Gasteiger partial charge on any atom is 0.313 e. The predicted molar refractivity (Wildman–Crippen MR) is 62.4 cm³/mol. The Morgan fingerprint density at radius 2 is 1.88 bits per heavy atom. The van der Waals surface area contributed by atoms with E-state index >= 15 is 0 Å². The highest BCUT2D eigenvalue weighted by molar-refractivity contribution is 5.78. The largest absolute Gasteiger partial charge is 0.508 e. The number of carbonyl (C=O) groups is 1. The van der Waals surface area contributed by atoms with E-state index < -0.39 is 0 Å². The summed E-state index contributed by atoms with van der Waals surface area (Å²) in [6, 6.07) is 6.68. The van der Waals surface area contributed by atoms with Crippen molar-refractivity contribution in [3.63, 3.8) is 0 Å². The van der Waals surface area contributed by atoms with Gasteiger partial charge in [0.2, 0.25) is 0 Å². The van der Waals surface area contributed by atoms with Crippen LogP contribution in [0, 0.1) is 0 Å². The number of benzene rings is 1. The van der Waals surface area contributed by atoms with Crippen LogP contribution >= 0.6 is 0 Å². The molecule has 0 aliphatic heterocycles. The van der Waals surface area contributed by atoms with Gasteiger partial charge in [0.15, 0.2) is 0 Å². The minimum atomic E-state index is -0.247. The zero-order valence-electron chi connectivity index (χ0n) is 9.93. The second kappa shape index (κ2) is 5.54. The van der Waals surface area contributed by atoms with Crippen LogP contribution in [0.4, 0.5) is 0 Å². The van der Waals surface area contributed by atoms with Crippen LogP contribution in [0.2, 0.25) is 0 Å². The van der Waals surface area contributed by atoms with Gasteiger partial charge in [-0.1, -0.05) is 19.1 Å². The topological polar surface area (TPSA) is 46.5 Å². The third-order valence-electron chi connectivity index (χ3n) is 2.34. The molecule has 1 aromatic carbocycles. The summed E-state index contributed by atoms with van der Waals surface area (Å²) >= 11 is 0. The number of aromatic hydroxyl groups is 1. The number of hydrogen-bond acceptors (Lipinski definition) is 3. The van der Waals surface area contributed by atoms with Crippen molar-refractivity contribution >= 4 is 5.97 Å². The number of hydrogen-bond donors (Lipinski definition) is 1. The van der Waals surface area contributed by atoms with E-state index in [0.29, 0.717) is 6.42 Å². The number of esters is 1. The number of ether oxygens (including phenoxy) is 1. The van der Waals surface area contributed by atoms with Gasteiger partial charge in [0.05, 0.1) is 12.0 Å². The van der Waals surface area contributed by atoms with E-state index in [4.69, 9.17) is 4.74 Å². The number of phenols is 1. The molecule has 0 bridgehead atoms. The number of carbonyl (C=O) groups excluding carboxylic acids is 1. The van der Waals surface area contributed by atoms with Gasteiger partial charge in [-0.05, 0) is 38.0 Å². The van der Waals surface area contributed by atoms with Crippen LogP contribution in [0.15, 0.2) is 24.3 Å². The maximum absolute atomic E-state index is 11.8. The Labute approximate surface area is 96.1 Å². The molecule has 3 nitrogen and oxygen atoms in total. The third kappa shape index (κ3) is 3.26. The van der Waals surface area contributed by atoms with Crippen LogP contribution in [0.1, 0.15) is 38.7 Å². The van der Waals surface area contributed by atoms with Gasteiger partial charge in [-0.2, -0.15) is 0 Å². The minimum Gasteiger partial charge on any atom is -0.508 e. The van der Waals surface area contributed by atoms with Gasteiger partial charge in [-0.25, -0.2) is 0 Å². The molecule has 1 unspecified atom stereocenters. The zero-order valence-corrected chi connectivity index (χ0v) is 9.93. The number of phenolic OH excluding ortho intramolecular Hbond substituents is 1. The fraction of sp³-hybridized carbons (Fsp3) is 0.462. The van der Waals surface area contributed by atoms with E-state index in [1.54, 1.807) is 24.3 Å². The molecule has 0 saturated heterocycles. The summed E-state index contributed by atoms with van der Waals surface area (Å²) in [6.07, 6.45) is 0.592. The second-order valence-corrected chi connectivity index (χ2v) is 4.04. The van der Waals surface area contributed by atoms with E-state index in [1.807, 2.05) is 20.8 Å². The van der Waals surface area contributed by atoms with Crippen molar-refractivity contribution < 1.29 is 14.6 Å². The molecule has 88 valence electrons. The van der Waals surface area contributed by atoms with Crippen LogP contribution in [-0.4, -0.2) is 17.2 Å². The first kappa shape index (κ1) is 12.6. The molecule has 0 fully saturated rings. The Morgan fingerprint density at radius 1 is 1.31 bits per heavy atom. The van der Waals surface area contributed by atoms with Crippen molar-refractivity contribution in [3.05, 3.63) is 29.8 Å². The van der Waals surface area contributed by atoms with Gasteiger partial charge in [-0.3, -0.25) is 4.79 Å². The Kier molecular flexibility index (Phi) is 4.35. The van der Waals surface area contributed by atoms with Gasteiger partial charge < -0.3 is 9.84 Å². The van der Waals surface area contributed by atoms with Crippen LogP contribution in [-0.2, 0) is 9.53 Å². The summed E-state index contributed by atoms with van der Waals surface area (Å²) in [5.74, 6) is -0.248. The molecule has 16 heavy (non-hydrogen) atoms. The highest BCUT2D eigenvalue weighted by Crippen LogP contribution is 2.23. The van der Waals surface area contributed by atoms with Gasteiger partial charge in [-0.15, -0.1) is 0 Å². The Bertz CT molecular complexity index is 341. The Hall–Kier alpha value is -1.51. The lowest BCUT2D eigenvalue weighted by molar-refractivity contribution is -0.149. The summed E-state index contributed by atoms with van der Waals surface area (Å²) in [5, 5.41) is 9.18. The second-order valence-electron chi connectivity index (χ2n) is 4.04. The predicted octanol–water partition coefficient (Wildman–Crippen LogP) is 2.84. The first-order chi connectivity index (χ1) is 7.54. The fourth-order valence-electron chi connectivity index (χ4n) is 1.56. The molecule has 0 spiro atoms. The maximum atomic E-state index is 11.8. The Morgan fingerprint density at radius 3 is 2.31 bits per heavy atom. The van der Waals surface area contributed by atoms with E-state index in [2.05, 4.69) is 0 Å². The van der Waals surface area contributed by atoms with Crippen molar-refractivity contribution in [1.29, 1.82) is 0 Å². The Balaban J connectivity index is 2.81. The smallest absolute Gasteiger partial charge is 0.313 e. The lowest BCUT2D eigenvalue weighted by Gasteiger charge is -2.16. The molecule has 0 saturated carbocycles. The highest BCUT2D eigenvalue weighted by atomic mass is 16.5. The normalized spacial score (nSPS) is 12.5. The first-order valence-electron chi connectivity index (χ1n) is 5.54. The van der Waals surface area contributed by atoms with Crippen LogP contribution in [0.5, 0.6) is 5.75 Å². The van der Waals surface area contributed by atoms with E-state index in [9.17, 15) is 9.90 Å². The molecule has 0 amide bonds. The van der Waals surface area contributed by atoms with Crippen molar-refractivity contribution in [2.45, 2.75) is 39.2 Å². The van der Waals surface area contributed by atoms with Crippen molar-refractivity contribution in [3.8, 4) is 5.75 Å². The minimum absolute atomic E-state index is 0.0985. The molecule has 0 aliphatic rings. The van der Waals surface area contributed by atoms with Gasteiger partial charge in [0.1, 0.15) is 5.75 Å². The van der Waals surface area contributed by atoms with E-state index in [-0.39, 0.29) is 23.7 Å². The first-order valence-corrected chi connectivity index (χ1v) is 5.54. The SMILES string of the molecule is CCC(C(=O)OC(C)C)c1ccc(O)cc1. The molecule has 1 aromatic rings. The number of rotatable bonds is 4. The lowest BCUT2D eigenvalue weighted by atomic mass is 9.96. The molecule has 1 rings (SSSR count). The summed E-state index contributed by atoms with van der Waals surface area (Å²) in [4.78, 5) is 11.8. The molecule has 1 atom stereocenters. The van der Waals surface area contributed by atoms with Gasteiger partial charge in [0, 0.05) is 0 Å². The molecule has 1 N–H and O–H groups in total. The quantitative estimate of drug-likeness (QED) is 0.797. The summed E-state index contributed by atoms with van der Waals surface area (Å²) in [7, 11) is 0. The molecule has 0 radical (unpaired) electrons. The van der Waals surface area contributed by atoms with Crippen LogP contribution in [0.3, 0.4) is 0 Å². The average Bonchev–Trinajstić information content (AvgIpc) is 2.21. The molecule has 0 aliphatic carbocycles. The standard InChI is InChI=1S/C13H18O3/c1-4-12(13(15)16-9(2)3)10-5-7-11(14)8-6-10/h5-9,12,14H,4H2,1-3H3. The van der Waals surface area contributed by atoms with Gasteiger partial charge in [0.25, 0.3) is 0 Å². The molecular weight excluding hydrogens is 204 g/mol. The van der Waals surface area contributed by atoms with Crippen molar-refractivity contribution in [2.24, 2.45) is 0 Å². The summed E-state index contributed by atoms with van der Waals surface area (Å²) in [6.45, 7) is 5.61. The molecule has 0 heterocycles. The van der Waals surface area contributed by atoms with Crippen LogP contribution < -0.4 is 0 Å². The summed E-state index contributed by atoms with van der Waals surface area (Å²) < 4.78 is 5.19. The fourth-order valence-corrected chi connectivity index (χ4v) is 1.56. The van der Waals surface area contributed by atoms with Crippen molar-refractivity contribution in [1.82, 2.24) is 0 Å². The van der Waals surface area contributed by atoms with Crippen molar-refractivity contribution in [2.75, 3.05) is 0 Å². The third-order valence-corrected chi connectivity index (χ3v) is 2.34. The van der Waals surface area contributed by atoms with E-state index in [0.717, 1.165) is 5.56 Å². The van der Waals surface area contributed by atoms with Gasteiger partial charge >= 0.3 is 5.97 Å². The lowest BCUT2D eigenvalue weighted by Crippen LogP contribution is -2.19. The summed E-state index contributed by atoms with van der Waals surface area (Å²) in [5.41, 5.74) is 0.881. The zero-order chi connectivity index (χ0) is 12.1. The molecule has 3 heteroatoms. The molecule has 0 aromatic heterocycles.